The maximum atomic E-state index is 12.6. The first-order valence-electron chi connectivity index (χ1n) is 9.47. The van der Waals surface area contributed by atoms with E-state index < -0.39 is 0 Å². The third-order valence-electron chi connectivity index (χ3n) is 5.21. The van der Waals surface area contributed by atoms with Crippen molar-refractivity contribution >= 4 is 17.5 Å². The number of nitrogens with one attached hydrogen (secondary N) is 1. The van der Waals surface area contributed by atoms with Crippen molar-refractivity contribution in [3.63, 3.8) is 0 Å². The molecule has 0 atom stereocenters. The highest BCUT2D eigenvalue weighted by atomic mass is 16.5. The van der Waals surface area contributed by atoms with Crippen molar-refractivity contribution in [3.8, 4) is 11.8 Å². The third kappa shape index (κ3) is 4.46. The summed E-state index contributed by atoms with van der Waals surface area (Å²) in [6.45, 7) is 4.99. The number of likely N-dealkylation sites (tertiary alicyclic amines) is 1. The molecule has 0 radical (unpaired) electrons. The van der Waals surface area contributed by atoms with Crippen LogP contribution in [0.25, 0.3) is 0 Å². The molecule has 0 aliphatic carbocycles. The summed E-state index contributed by atoms with van der Waals surface area (Å²) in [6.07, 6.45) is 3.17. The summed E-state index contributed by atoms with van der Waals surface area (Å²) >= 11 is 0. The third-order valence-corrected chi connectivity index (χ3v) is 5.21. The molecular formula is C23H23N3O3. The van der Waals surface area contributed by atoms with Gasteiger partial charge >= 0.3 is 0 Å². The summed E-state index contributed by atoms with van der Waals surface area (Å²) in [4.78, 5) is 26.2. The van der Waals surface area contributed by atoms with Gasteiger partial charge in [-0.05, 0) is 54.7 Å². The molecule has 1 saturated heterocycles. The van der Waals surface area contributed by atoms with Crippen LogP contribution in [0.15, 0.2) is 55.1 Å². The SMILES string of the molecule is C=CC(=O)N1CCC(c2ccc(NC(=O)c3cccc(C#N)c3OC)cc2)CC1. The van der Waals surface area contributed by atoms with Crippen LogP contribution in [0.3, 0.4) is 0 Å². The van der Waals surface area contributed by atoms with Crippen molar-refractivity contribution in [3.05, 3.63) is 71.8 Å². The van der Waals surface area contributed by atoms with Crippen LogP contribution in [0, 0.1) is 11.3 Å². The smallest absolute Gasteiger partial charge is 0.259 e. The maximum absolute atomic E-state index is 12.6. The van der Waals surface area contributed by atoms with E-state index in [0.29, 0.717) is 22.7 Å². The first-order valence-corrected chi connectivity index (χ1v) is 9.47. The van der Waals surface area contributed by atoms with Gasteiger partial charge in [-0.25, -0.2) is 0 Å². The Morgan fingerprint density at radius 3 is 2.48 bits per heavy atom. The number of amides is 2. The van der Waals surface area contributed by atoms with Gasteiger partial charge in [-0.1, -0.05) is 24.8 Å². The van der Waals surface area contributed by atoms with Gasteiger partial charge in [-0.3, -0.25) is 9.59 Å². The van der Waals surface area contributed by atoms with E-state index in [1.54, 1.807) is 18.2 Å². The molecule has 6 nitrogen and oxygen atoms in total. The number of hydrogen-bond donors (Lipinski definition) is 1. The minimum absolute atomic E-state index is 0.0163. The molecule has 1 N–H and O–H groups in total. The second-order valence-corrected chi connectivity index (χ2v) is 6.88. The zero-order valence-electron chi connectivity index (χ0n) is 16.4. The molecule has 2 aromatic carbocycles. The number of para-hydroxylation sites is 1. The fraction of sp³-hybridized carbons (Fsp3) is 0.261. The van der Waals surface area contributed by atoms with Crippen LogP contribution < -0.4 is 10.1 Å². The highest BCUT2D eigenvalue weighted by Gasteiger charge is 2.22. The van der Waals surface area contributed by atoms with Crippen LogP contribution in [0.4, 0.5) is 5.69 Å². The summed E-state index contributed by atoms with van der Waals surface area (Å²) in [6, 6.07) is 14.7. The quantitative estimate of drug-likeness (QED) is 0.791. The van der Waals surface area contributed by atoms with Gasteiger partial charge in [-0.2, -0.15) is 5.26 Å². The molecule has 1 heterocycles. The number of piperidine rings is 1. The fourth-order valence-electron chi connectivity index (χ4n) is 3.62. The number of rotatable bonds is 5. The van der Waals surface area contributed by atoms with Crippen molar-refractivity contribution in [1.82, 2.24) is 4.90 Å². The summed E-state index contributed by atoms with van der Waals surface area (Å²) in [7, 11) is 1.44. The Bertz CT molecular complexity index is 952. The lowest BCUT2D eigenvalue weighted by atomic mass is 9.89. The maximum Gasteiger partial charge on any atom is 0.259 e. The number of benzene rings is 2. The number of ether oxygens (including phenoxy) is 1. The van der Waals surface area contributed by atoms with Crippen molar-refractivity contribution in [2.24, 2.45) is 0 Å². The summed E-state index contributed by atoms with van der Waals surface area (Å²) in [5.41, 5.74) is 2.49. The van der Waals surface area contributed by atoms with Gasteiger partial charge < -0.3 is 15.0 Å². The molecule has 148 valence electrons. The molecule has 0 aromatic heterocycles. The van der Waals surface area contributed by atoms with Gasteiger partial charge in [0.15, 0.2) is 0 Å². The molecule has 1 fully saturated rings. The molecule has 0 spiro atoms. The van der Waals surface area contributed by atoms with Crippen LogP contribution in [0.1, 0.15) is 40.2 Å². The molecule has 0 saturated carbocycles. The fourth-order valence-corrected chi connectivity index (χ4v) is 3.62. The standard InChI is InChI=1S/C23H23N3O3/c1-3-21(27)26-13-11-17(12-14-26)16-7-9-19(10-8-16)25-23(28)20-6-4-5-18(15-24)22(20)29-2/h3-10,17H,1,11-14H2,2H3,(H,25,28). The summed E-state index contributed by atoms with van der Waals surface area (Å²) in [5, 5.41) is 12.0. The Kier molecular flexibility index (Phi) is 6.30. The van der Waals surface area contributed by atoms with Gasteiger partial charge in [0.05, 0.1) is 18.2 Å². The Balaban J connectivity index is 1.66. The highest BCUT2D eigenvalue weighted by Crippen LogP contribution is 2.29. The molecule has 0 bridgehead atoms. The van der Waals surface area contributed by atoms with E-state index >= 15 is 0 Å². The zero-order chi connectivity index (χ0) is 20.8. The number of hydrogen-bond acceptors (Lipinski definition) is 4. The molecule has 2 aromatic rings. The molecule has 29 heavy (non-hydrogen) atoms. The number of nitrogens with zero attached hydrogens (tertiary/aromatic N) is 2. The monoisotopic (exact) mass is 389 g/mol. The number of nitriles is 1. The van der Waals surface area contributed by atoms with Crippen LogP contribution >= 0.6 is 0 Å². The number of carbonyl (C=O) groups is 2. The van der Waals surface area contributed by atoms with Crippen molar-refractivity contribution < 1.29 is 14.3 Å². The van der Waals surface area contributed by atoms with Gasteiger partial charge in [0, 0.05) is 18.8 Å². The largest absolute Gasteiger partial charge is 0.495 e. The van der Waals surface area contributed by atoms with E-state index in [9.17, 15) is 14.9 Å². The van der Waals surface area contributed by atoms with Crippen molar-refractivity contribution in [2.45, 2.75) is 18.8 Å². The van der Waals surface area contributed by atoms with E-state index in [1.165, 1.54) is 18.7 Å². The first-order chi connectivity index (χ1) is 14.1. The van der Waals surface area contributed by atoms with E-state index in [-0.39, 0.29) is 17.6 Å². The molecule has 2 amide bonds. The normalized spacial score (nSPS) is 14.0. The highest BCUT2D eigenvalue weighted by molar-refractivity contribution is 6.06. The predicted octanol–water partition coefficient (Wildman–Crippen LogP) is 3.71. The molecule has 1 aliphatic heterocycles. The Labute approximate surface area is 170 Å². The van der Waals surface area contributed by atoms with Crippen LogP contribution in [-0.2, 0) is 4.79 Å². The first kappa shape index (κ1) is 20.2. The number of carbonyl (C=O) groups excluding carboxylic acids is 2. The van der Waals surface area contributed by atoms with Gasteiger partial charge in [0.1, 0.15) is 11.8 Å². The van der Waals surface area contributed by atoms with Crippen LogP contribution in [0.2, 0.25) is 0 Å². The summed E-state index contributed by atoms with van der Waals surface area (Å²) < 4.78 is 5.24. The molecule has 1 aliphatic rings. The molecule has 0 unspecified atom stereocenters. The topological polar surface area (TPSA) is 82.4 Å². The Hall–Kier alpha value is -3.59. The average molecular weight is 389 g/mol. The lowest BCUT2D eigenvalue weighted by Gasteiger charge is -2.31. The zero-order valence-corrected chi connectivity index (χ0v) is 16.4. The van der Waals surface area contributed by atoms with Gasteiger partial charge in [-0.15, -0.1) is 0 Å². The van der Waals surface area contributed by atoms with Crippen LogP contribution in [0.5, 0.6) is 5.75 Å². The van der Waals surface area contributed by atoms with E-state index in [1.807, 2.05) is 35.2 Å². The Morgan fingerprint density at radius 2 is 1.90 bits per heavy atom. The van der Waals surface area contributed by atoms with Gasteiger partial charge in [0.2, 0.25) is 5.91 Å². The Morgan fingerprint density at radius 1 is 1.21 bits per heavy atom. The molecular weight excluding hydrogens is 366 g/mol. The van der Waals surface area contributed by atoms with Crippen molar-refractivity contribution in [2.75, 3.05) is 25.5 Å². The van der Waals surface area contributed by atoms with E-state index in [0.717, 1.165) is 25.9 Å². The van der Waals surface area contributed by atoms with Crippen molar-refractivity contribution in [1.29, 1.82) is 5.26 Å². The average Bonchev–Trinajstić information content (AvgIpc) is 2.78. The second kappa shape index (κ2) is 9.07. The lowest BCUT2D eigenvalue weighted by Crippen LogP contribution is -2.36. The summed E-state index contributed by atoms with van der Waals surface area (Å²) in [5.74, 6) is 0.311. The predicted molar refractivity (Wildman–Crippen MR) is 111 cm³/mol. The number of anilines is 1. The van der Waals surface area contributed by atoms with Gasteiger partial charge in [0.25, 0.3) is 5.91 Å². The minimum Gasteiger partial charge on any atom is -0.495 e. The minimum atomic E-state index is -0.331. The van der Waals surface area contributed by atoms with E-state index in [4.69, 9.17) is 4.74 Å². The lowest BCUT2D eigenvalue weighted by molar-refractivity contribution is -0.127. The molecule has 3 rings (SSSR count). The second-order valence-electron chi connectivity index (χ2n) is 6.88. The van der Waals surface area contributed by atoms with E-state index in [2.05, 4.69) is 11.9 Å². The molecule has 6 heteroatoms. The van der Waals surface area contributed by atoms with Crippen LogP contribution in [-0.4, -0.2) is 36.9 Å². The number of methoxy groups -OCH3 is 1.